The molecule has 0 amide bonds. The molecule has 3 aromatic heterocycles. The zero-order chi connectivity index (χ0) is 20.7. The van der Waals surface area contributed by atoms with E-state index in [0.717, 1.165) is 0 Å². The van der Waals surface area contributed by atoms with Crippen molar-refractivity contribution in [1.82, 2.24) is 29.5 Å². The normalized spacial score (nSPS) is 12.3. The number of fused-ring (bicyclic) bond motifs is 2. The van der Waals surface area contributed by atoms with E-state index in [9.17, 15) is 9.18 Å². The zero-order valence-corrected chi connectivity index (χ0v) is 15.9. The number of hydrogen-bond donors (Lipinski definition) is 2. The highest BCUT2D eigenvalue weighted by Gasteiger charge is 2.21. The van der Waals surface area contributed by atoms with E-state index in [0.29, 0.717) is 34.0 Å². The van der Waals surface area contributed by atoms with E-state index in [2.05, 4.69) is 30.2 Å². The maximum Gasteiger partial charge on any atom is 0.269 e. The van der Waals surface area contributed by atoms with Gasteiger partial charge in [-0.1, -0.05) is 24.3 Å². The highest BCUT2D eigenvalue weighted by atomic mass is 19.1. The molecule has 2 N–H and O–H groups in total. The number of H-pyrrole nitrogens is 1. The molecule has 8 nitrogen and oxygen atoms in total. The fourth-order valence-corrected chi connectivity index (χ4v) is 3.46. The highest BCUT2D eigenvalue weighted by molar-refractivity contribution is 5.82. The summed E-state index contributed by atoms with van der Waals surface area (Å²) < 4.78 is 15.9. The number of benzene rings is 2. The van der Waals surface area contributed by atoms with E-state index < -0.39 is 17.4 Å². The van der Waals surface area contributed by atoms with Crippen LogP contribution >= 0.6 is 0 Å². The molecule has 148 valence electrons. The molecule has 9 heteroatoms. The van der Waals surface area contributed by atoms with E-state index >= 15 is 0 Å². The number of para-hydroxylation sites is 1. The zero-order valence-electron chi connectivity index (χ0n) is 15.9. The van der Waals surface area contributed by atoms with Crippen molar-refractivity contribution in [3.05, 3.63) is 83.2 Å². The summed E-state index contributed by atoms with van der Waals surface area (Å²) >= 11 is 0. The van der Waals surface area contributed by atoms with Crippen LogP contribution in [0, 0.1) is 5.82 Å². The summed E-state index contributed by atoms with van der Waals surface area (Å²) in [7, 11) is 0. The average molecular weight is 401 g/mol. The number of rotatable bonds is 4. The summed E-state index contributed by atoms with van der Waals surface area (Å²) in [5.41, 5.74) is 1.58. The van der Waals surface area contributed by atoms with Gasteiger partial charge in [0.25, 0.3) is 5.56 Å². The van der Waals surface area contributed by atoms with Crippen LogP contribution in [0.15, 0.2) is 66.0 Å². The molecule has 5 rings (SSSR count). The largest absolute Gasteiger partial charge is 0.358 e. The van der Waals surface area contributed by atoms with Crippen molar-refractivity contribution in [1.29, 1.82) is 0 Å². The average Bonchev–Trinajstić information content (AvgIpc) is 3.24. The number of anilines is 1. The van der Waals surface area contributed by atoms with Crippen molar-refractivity contribution in [2.75, 3.05) is 5.32 Å². The lowest BCUT2D eigenvalue weighted by molar-refractivity contribution is 0.635. The molecule has 1 atom stereocenters. The first-order valence-corrected chi connectivity index (χ1v) is 9.30. The van der Waals surface area contributed by atoms with Gasteiger partial charge in [-0.2, -0.15) is 0 Å². The number of hydrogen-bond acceptors (Lipinski definition) is 6. The van der Waals surface area contributed by atoms with E-state index in [4.69, 9.17) is 0 Å². The summed E-state index contributed by atoms with van der Waals surface area (Å²) in [6.07, 6.45) is 2.95. The van der Waals surface area contributed by atoms with Crippen LogP contribution in [0.1, 0.15) is 18.8 Å². The van der Waals surface area contributed by atoms with Crippen molar-refractivity contribution < 1.29 is 4.39 Å². The van der Waals surface area contributed by atoms with Gasteiger partial charge in [0.05, 0.1) is 23.6 Å². The molecule has 0 saturated heterocycles. The number of nitrogens with zero attached hydrogens (tertiary/aromatic N) is 5. The van der Waals surface area contributed by atoms with Gasteiger partial charge in [-0.3, -0.25) is 9.36 Å². The maximum absolute atomic E-state index is 14.5. The molecule has 5 aromatic rings. The predicted octanol–water partition coefficient (Wildman–Crippen LogP) is 3.36. The lowest BCUT2D eigenvalue weighted by atomic mass is 10.2. The molecule has 0 unspecified atom stereocenters. The quantitative estimate of drug-likeness (QED) is 0.479. The smallest absolute Gasteiger partial charge is 0.269 e. The van der Waals surface area contributed by atoms with Gasteiger partial charge in [0.2, 0.25) is 0 Å². The number of imidazole rings is 1. The van der Waals surface area contributed by atoms with Crippen LogP contribution in [0.3, 0.4) is 0 Å². The molecule has 0 spiro atoms. The van der Waals surface area contributed by atoms with E-state index in [1.165, 1.54) is 29.4 Å². The Labute approximate surface area is 169 Å². The molecule has 0 radical (unpaired) electrons. The second kappa shape index (κ2) is 7.03. The summed E-state index contributed by atoms with van der Waals surface area (Å²) in [5, 5.41) is 3.21. The molecule has 3 heterocycles. The summed E-state index contributed by atoms with van der Waals surface area (Å²) in [5.74, 6) is 0.324. The Bertz CT molecular complexity index is 1430. The molecule has 0 saturated carbocycles. The van der Waals surface area contributed by atoms with Gasteiger partial charge in [0, 0.05) is 0 Å². The van der Waals surface area contributed by atoms with Crippen LogP contribution < -0.4 is 10.9 Å². The van der Waals surface area contributed by atoms with Gasteiger partial charge in [0.15, 0.2) is 11.5 Å². The molecule has 30 heavy (non-hydrogen) atoms. The standard InChI is InChI=1S/C21H16FN7O/c1-12(27-19-17-18(24-10-23-17)25-11-26-19)20-28-15-9-5-8-14(22)16(15)21(30)29(20)13-6-3-2-4-7-13/h2-12H,1H3,(H2,23,24,25,26,27)/t12-/m0/s1. The molecule has 0 aliphatic heterocycles. The lowest BCUT2D eigenvalue weighted by Crippen LogP contribution is -2.28. The Balaban J connectivity index is 1.71. The van der Waals surface area contributed by atoms with Gasteiger partial charge >= 0.3 is 0 Å². The number of aromatic amines is 1. The molecular weight excluding hydrogens is 385 g/mol. The third kappa shape index (κ3) is 2.87. The van der Waals surface area contributed by atoms with Gasteiger partial charge in [-0.05, 0) is 31.2 Å². The van der Waals surface area contributed by atoms with E-state index in [-0.39, 0.29) is 5.39 Å². The molecule has 0 aliphatic carbocycles. The Morgan fingerprint density at radius 1 is 1.07 bits per heavy atom. The second-order valence-corrected chi connectivity index (χ2v) is 6.77. The van der Waals surface area contributed by atoms with Crippen molar-refractivity contribution >= 4 is 27.9 Å². The Hall–Kier alpha value is -4.14. The monoisotopic (exact) mass is 401 g/mol. The van der Waals surface area contributed by atoms with Crippen LogP contribution in [0.4, 0.5) is 10.2 Å². The fourth-order valence-electron chi connectivity index (χ4n) is 3.46. The topological polar surface area (TPSA) is 101 Å². The van der Waals surface area contributed by atoms with E-state index in [1.807, 2.05) is 25.1 Å². The van der Waals surface area contributed by atoms with Gasteiger partial charge in [-0.15, -0.1) is 0 Å². The van der Waals surface area contributed by atoms with Crippen molar-refractivity contribution in [2.45, 2.75) is 13.0 Å². The minimum Gasteiger partial charge on any atom is -0.358 e. The molecule has 0 bridgehead atoms. The number of aromatic nitrogens is 6. The van der Waals surface area contributed by atoms with Crippen LogP contribution in [0.2, 0.25) is 0 Å². The minimum absolute atomic E-state index is 0.0472. The summed E-state index contributed by atoms with van der Waals surface area (Å²) in [6, 6.07) is 13.0. The Kier molecular flexibility index (Phi) is 4.20. The van der Waals surface area contributed by atoms with Crippen LogP contribution in [0.5, 0.6) is 0 Å². The van der Waals surface area contributed by atoms with Crippen molar-refractivity contribution in [2.24, 2.45) is 0 Å². The SMILES string of the molecule is C[C@H](Nc1ncnc2[nH]cnc12)c1nc2cccc(F)c2c(=O)n1-c1ccccc1. The second-order valence-electron chi connectivity index (χ2n) is 6.77. The molecule has 2 aromatic carbocycles. The van der Waals surface area contributed by atoms with Gasteiger partial charge in [-0.25, -0.2) is 24.3 Å². The fraction of sp³-hybridized carbons (Fsp3) is 0.0952. The van der Waals surface area contributed by atoms with Crippen LogP contribution in [0.25, 0.3) is 27.8 Å². The van der Waals surface area contributed by atoms with Gasteiger partial charge < -0.3 is 10.3 Å². The summed E-state index contributed by atoms with van der Waals surface area (Å²) in [6.45, 7) is 1.85. The number of halogens is 1. The first-order chi connectivity index (χ1) is 14.6. The lowest BCUT2D eigenvalue weighted by Gasteiger charge is -2.20. The third-order valence-corrected chi connectivity index (χ3v) is 4.84. The van der Waals surface area contributed by atoms with Gasteiger partial charge in [0.1, 0.15) is 28.9 Å². The Morgan fingerprint density at radius 2 is 1.90 bits per heavy atom. The van der Waals surface area contributed by atoms with Crippen LogP contribution in [-0.4, -0.2) is 29.5 Å². The first-order valence-electron chi connectivity index (χ1n) is 9.30. The molecular formula is C21H16FN7O. The van der Waals surface area contributed by atoms with Crippen molar-refractivity contribution in [3.8, 4) is 5.69 Å². The third-order valence-electron chi connectivity index (χ3n) is 4.84. The number of nitrogens with one attached hydrogen (secondary N) is 2. The molecule has 0 aliphatic rings. The van der Waals surface area contributed by atoms with Crippen molar-refractivity contribution in [3.63, 3.8) is 0 Å². The molecule has 0 fully saturated rings. The minimum atomic E-state index is -0.601. The predicted molar refractivity (Wildman–Crippen MR) is 111 cm³/mol. The maximum atomic E-state index is 14.5. The summed E-state index contributed by atoms with van der Waals surface area (Å²) in [4.78, 5) is 33.5. The highest BCUT2D eigenvalue weighted by Crippen LogP contribution is 2.24. The van der Waals surface area contributed by atoms with Crippen LogP contribution in [-0.2, 0) is 0 Å². The first kappa shape index (κ1) is 17.9. The van der Waals surface area contributed by atoms with E-state index in [1.54, 1.807) is 18.2 Å². The Morgan fingerprint density at radius 3 is 2.73 bits per heavy atom.